The highest BCUT2D eigenvalue weighted by Gasteiger charge is 2.19. The average Bonchev–Trinajstić information content (AvgIpc) is 2.00. The normalized spacial score (nSPS) is 10.7. The molecule has 0 radical (unpaired) electrons. The number of aromatic hydroxyl groups is 1. The van der Waals surface area contributed by atoms with Crippen molar-refractivity contribution in [2.24, 2.45) is 0 Å². The molecule has 66 valence electrons. The molecule has 12 heavy (non-hydrogen) atoms. The smallest absolute Gasteiger partial charge is 0.283 e. The molecule has 0 atom stereocenters. The number of nitrogen functional groups attached to an aromatic ring is 1. The lowest BCUT2D eigenvalue weighted by atomic mass is 10.3. The second kappa shape index (κ2) is 2.88. The van der Waals surface area contributed by atoms with Crippen LogP contribution in [0.3, 0.4) is 0 Å². The Morgan fingerprint density at radius 3 is 2.58 bits per heavy atom. The minimum Gasteiger partial charge on any atom is -0.504 e. The van der Waals surface area contributed by atoms with Gasteiger partial charge in [0, 0.05) is 0 Å². The fourth-order valence-electron chi connectivity index (χ4n) is 0.659. The van der Waals surface area contributed by atoms with E-state index < -0.39 is 29.4 Å². The Hall–Kier alpha value is -1.46. The van der Waals surface area contributed by atoms with Crippen LogP contribution >= 0.6 is 0 Å². The number of hydrogen-bond acceptors (Lipinski definition) is 3. The Bertz CT molecular complexity index is 303. The Labute approximate surface area is 65.6 Å². The predicted octanol–water partition coefficient (Wildman–Crippen LogP) is 1.45. The summed E-state index contributed by atoms with van der Waals surface area (Å²) in [5.41, 5.74) is 3.16. The summed E-state index contributed by atoms with van der Waals surface area (Å²) < 4.78 is 36.5. The molecule has 1 aromatic rings. The van der Waals surface area contributed by atoms with Gasteiger partial charge in [0.1, 0.15) is 11.4 Å². The number of alkyl halides is 2. The summed E-state index contributed by atoms with van der Waals surface area (Å²) >= 11 is 0. The first-order chi connectivity index (χ1) is 5.54. The maximum atomic E-state index is 12.7. The molecule has 0 saturated heterocycles. The molecule has 0 unspecified atom stereocenters. The third-order valence-electron chi connectivity index (χ3n) is 1.27. The number of halogens is 3. The van der Waals surface area contributed by atoms with Crippen molar-refractivity contribution in [2.75, 3.05) is 5.73 Å². The molecule has 1 aromatic heterocycles. The molecule has 0 amide bonds. The highest BCUT2D eigenvalue weighted by molar-refractivity contribution is 5.52. The lowest BCUT2D eigenvalue weighted by Crippen LogP contribution is -2.00. The molecule has 1 heterocycles. The first-order valence-electron chi connectivity index (χ1n) is 2.95. The van der Waals surface area contributed by atoms with Crippen LogP contribution in [0.2, 0.25) is 0 Å². The monoisotopic (exact) mass is 178 g/mol. The first kappa shape index (κ1) is 8.63. The quantitative estimate of drug-likeness (QED) is 0.684. The van der Waals surface area contributed by atoms with E-state index in [9.17, 15) is 13.2 Å². The van der Waals surface area contributed by atoms with Crippen molar-refractivity contribution in [3.05, 3.63) is 17.7 Å². The lowest BCUT2D eigenvalue weighted by Gasteiger charge is -2.03. The Balaban J connectivity index is 3.27. The van der Waals surface area contributed by atoms with Crippen molar-refractivity contribution in [1.82, 2.24) is 4.98 Å². The Morgan fingerprint density at radius 2 is 2.08 bits per heavy atom. The highest BCUT2D eigenvalue weighted by Crippen LogP contribution is 2.28. The topological polar surface area (TPSA) is 59.1 Å². The number of nitrogens with zero attached hydrogens (tertiary/aromatic N) is 1. The van der Waals surface area contributed by atoms with Gasteiger partial charge in [0.2, 0.25) is 0 Å². The molecule has 6 heteroatoms. The van der Waals surface area contributed by atoms with E-state index in [1.807, 2.05) is 0 Å². The van der Waals surface area contributed by atoms with E-state index in [2.05, 4.69) is 4.98 Å². The number of aromatic nitrogens is 1. The van der Waals surface area contributed by atoms with Gasteiger partial charge >= 0.3 is 0 Å². The van der Waals surface area contributed by atoms with E-state index in [1.165, 1.54) is 0 Å². The Morgan fingerprint density at radius 1 is 1.50 bits per heavy atom. The second-order valence-electron chi connectivity index (χ2n) is 2.06. The van der Waals surface area contributed by atoms with Crippen molar-refractivity contribution in [1.29, 1.82) is 0 Å². The highest BCUT2D eigenvalue weighted by atomic mass is 19.3. The fourth-order valence-corrected chi connectivity index (χ4v) is 0.659. The molecular weight excluding hydrogens is 173 g/mol. The van der Waals surface area contributed by atoms with Crippen LogP contribution in [0.4, 0.5) is 18.9 Å². The van der Waals surface area contributed by atoms with E-state index in [-0.39, 0.29) is 0 Å². The van der Waals surface area contributed by atoms with Crippen LogP contribution < -0.4 is 5.73 Å². The van der Waals surface area contributed by atoms with Crippen LogP contribution in [0.5, 0.6) is 5.75 Å². The number of hydrogen-bond donors (Lipinski definition) is 2. The maximum absolute atomic E-state index is 12.7. The molecule has 1 rings (SSSR count). The van der Waals surface area contributed by atoms with Gasteiger partial charge in [-0.1, -0.05) is 0 Å². The van der Waals surface area contributed by atoms with Crippen molar-refractivity contribution in [2.45, 2.75) is 6.43 Å². The molecule has 0 spiro atoms. The van der Waals surface area contributed by atoms with Crippen LogP contribution in [-0.2, 0) is 0 Å². The van der Waals surface area contributed by atoms with Crippen LogP contribution in [0, 0.1) is 5.82 Å². The molecule has 0 saturated carbocycles. The molecular formula is C6H5F3N2O. The van der Waals surface area contributed by atoms with E-state index in [4.69, 9.17) is 10.8 Å². The van der Waals surface area contributed by atoms with Crippen molar-refractivity contribution in [3.63, 3.8) is 0 Å². The fraction of sp³-hybridized carbons (Fsp3) is 0.167. The van der Waals surface area contributed by atoms with Gasteiger partial charge in [-0.05, 0) is 0 Å². The number of anilines is 1. The molecule has 0 bridgehead atoms. The zero-order valence-corrected chi connectivity index (χ0v) is 5.76. The Kier molecular flexibility index (Phi) is 2.07. The molecule has 0 aliphatic carbocycles. The van der Waals surface area contributed by atoms with Gasteiger partial charge in [0.15, 0.2) is 11.6 Å². The van der Waals surface area contributed by atoms with Gasteiger partial charge in [-0.15, -0.1) is 0 Å². The van der Waals surface area contributed by atoms with Gasteiger partial charge in [0.05, 0.1) is 6.20 Å². The van der Waals surface area contributed by atoms with Gasteiger partial charge in [-0.3, -0.25) is 0 Å². The van der Waals surface area contributed by atoms with Crippen LogP contribution in [0.25, 0.3) is 0 Å². The number of pyridine rings is 1. The van der Waals surface area contributed by atoms with Gasteiger partial charge < -0.3 is 10.8 Å². The summed E-state index contributed by atoms with van der Waals surface area (Å²) in [6.07, 6.45) is -2.35. The van der Waals surface area contributed by atoms with Gasteiger partial charge in [-0.2, -0.15) is 0 Å². The molecule has 0 fully saturated rings. The summed E-state index contributed by atoms with van der Waals surface area (Å²) in [5.74, 6) is -2.01. The lowest BCUT2D eigenvalue weighted by molar-refractivity contribution is 0.140. The molecule has 3 N–H and O–H groups in total. The molecule has 0 aromatic carbocycles. The molecule has 0 aliphatic heterocycles. The minimum absolute atomic E-state index is 0.642. The third-order valence-corrected chi connectivity index (χ3v) is 1.27. The van der Waals surface area contributed by atoms with E-state index in [1.54, 1.807) is 0 Å². The number of nitrogens with two attached hydrogens (primary N) is 1. The van der Waals surface area contributed by atoms with Gasteiger partial charge in [0.25, 0.3) is 6.43 Å². The van der Waals surface area contributed by atoms with E-state index in [0.29, 0.717) is 6.20 Å². The first-order valence-corrected chi connectivity index (χ1v) is 2.95. The van der Waals surface area contributed by atoms with Crippen molar-refractivity contribution >= 4 is 5.69 Å². The van der Waals surface area contributed by atoms with Crippen molar-refractivity contribution < 1.29 is 18.3 Å². The van der Waals surface area contributed by atoms with Gasteiger partial charge in [-0.25, -0.2) is 18.2 Å². The van der Waals surface area contributed by atoms with Crippen molar-refractivity contribution in [3.8, 4) is 5.75 Å². The van der Waals surface area contributed by atoms with Crippen LogP contribution in [0.15, 0.2) is 6.20 Å². The molecule has 3 nitrogen and oxygen atoms in total. The number of rotatable bonds is 1. The average molecular weight is 178 g/mol. The predicted molar refractivity (Wildman–Crippen MR) is 35.2 cm³/mol. The zero-order chi connectivity index (χ0) is 9.30. The van der Waals surface area contributed by atoms with E-state index >= 15 is 0 Å². The SMILES string of the molecule is Nc1c(O)cnc(C(F)F)c1F. The summed E-state index contributed by atoms with van der Waals surface area (Å²) in [5, 5.41) is 8.73. The van der Waals surface area contributed by atoms with Crippen LogP contribution in [-0.4, -0.2) is 10.1 Å². The third kappa shape index (κ3) is 1.27. The zero-order valence-electron chi connectivity index (χ0n) is 5.76. The van der Waals surface area contributed by atoms with Crippen LogP contribution in [0.1, 0.15) is 12.1 Å². The van der Waals surface area contributed by atoms with E-state index in [0.717, 1.165) is 0 Å². The standard InChI is InChI=1S/C6H5F3N2O/c7-3-4(10)2(12)1-11-5(3)6(8)9/h1,6,12H,(H2,10,11). The minimum atomic E-state index is -3.03. The summed E-state index contributed by atoms with van der Waals surface area (Å²) in [6, 6.07) is 0. The largest absolute Gasteiger partial charge is 0.504 e. The molecule has 0 aliphatic rings. The summed E-state index contributed by atoms with van der Waals surface area (Å²) in [4.78, 5) is 2.98. The second-order valence-corrected chi connectivity index (χ2v) is 2.06. The maximum Gasteiger partial charge on any atom is 0.283 e. The summed E-state index contributed by atoms with van der Waals surface area (Å²) in [6.45, 7) is 0. The summed E-state index contributed by atoms with van der Waals surface area (Å²) in [7, 11) is 0.